The molecule has 0 spiro atoms. The number of carboxylic acids is 1. The number of esters is 1. The Bertz CT molecular complexity index is 987. The maximum atomic E-state index is 12.8. The molecule has 3 atom stereocenters. The van der Waals surface area contributed by atoms with Crippen LogP contribution in [0.3, 0.4) is 0 Å². The molecule has 2 bridgehead atoms. The summed E-state index contributed by atoms with van der Waals surface area (Å²) in [5, 5.41) is 20.1. The molecule has 0 heterocycles. The van der Waals surface area contributed by atoms with E-state index in [0.717, 1.165) is 49.8 Å². The zero-order valence-corrected chi connectivity index (χ0v) is 21.0. The van der Waals surface area contributed by atoms with Gasteiger partial charge >= 0.3 is 11.9 Å². The summed E-state index contributed by atoms with van der Waals surface area (Å²) in [7, 11) is 0. The molecule has 0 aliphatic heterocycles. The molecule has 3 fully saturated rings. The van der Waals surface area contributed by atoms with Gasteiger partial charge in [0.25, 0.3) is 0 Å². The van der Waals surface area contributed by atoms with Gasteiger partial charge in [-0.3, -0.25) is 4.79 Å². The van der Waals surface area contributed by atoms with Gasteiger partial charge in [-0.25, -0.2) is 9.59 Å². The van der Waals surface area contributed by atoms with Crippen LogP contribution in [0.15, 0.2) is 24.3 Å². The summed E-state index contributed by atoms with van der Waals surface area (Å²) in [4.78, 5) is 36.1. The number of phenols is 1. The fourth-order valence-corrected chi connectivity index (χ4v) is 5.87. The van der Waals surface area contributed by atoms with Gasteiger partial charge in [0.15, 0.2) is 0 Å². The minimum Gasteiger partial charge on any atom is -0.508 e. The summed E-state index contributed by atoms with van der Waals surface area (Å²) < 4.78 is 5.62. The molecule has 0 amide bonds. The number of aliphatic carboxylic acids is 1. The average molecular weight is 471 g/mol. The predicted octanol–water partition coefficient (Wildman–Crippen LogP) is 5.91. The summed E-state index contributed by atoms with van der Waals surface area (Å²) >= 11 is 0. The Morgan fingerprint density at radius 3 is 2.47 bits per heavy atom. The van der Waals surface area contributed by atoms with Gasteiger partial charge in [0.05, 0.1) is 0 Å². The first-order valence-electron chi connectivity index (χ1n) is 12.4. The normalized spacial score (nSPS) is 23.6. The van der Waals surface area contributed by atoms with Crippen molar-refractivity contribution in [1.29, 1.82) is 0 Å². The molecule has 186 valence electrons. The summed E-state index contributed by atoms with van der Waals surface area (Å²) in [5.74, 6) is -1.65. The second-order valence-corrected chi connectivity index (χ2v) is 11.2. The number of hydrogen-bond donors (Lipinski definition) is 2. The zero-order valence-electron chi connectivity index (χ0n) is 21.0. The van der Waals surface area contributed by atoms with Crippen LogP contribution in [-0.4, -0.2) is 27.9 Å². The Labute approximate surface area is 202 Å². The number of carbonyl (C=O) groups excluding carboxylic acids is 2. The number of benzene rings is 1. The van der Waals surface area contributed by atoms with Gasteiger partial charge in [-0.1, -0.05) is 60.3 Å². The molecule has 1 aromatic rings. The number of ketones is 1. The lowest BCUT2D eigenvalue weighted by Crippen LogP contribution is -2.56. The first-order chi connectivity index (χ1) is 15.9. The molecule has 4 rings (SSSR count). The quantitative estimate of drug-likeness (QED) is 0.191. The van der Waals surface area contributed by atoms with Crippen molar-refractivity contribution in [1.82, 2.24) is 0 Å². The van der Waals surface area contributed by atoms with Crippen molar-refractivity contribution in [2.45, 2.75) is 90.9 Å². The molecule has 0 saturated heterocycles. The highest BCUT2D eigenvalue weighted by atomic mass is 16.5. The molecule has 34 heavy (non-hydrogen) atoms. The van der Waals surface area contributed by atoms with Gasteiger partial charge in [0.1, 0.15) is 17.3 Å². The summed E-state index contributed by atoms with van der Waals surface area (Å²) in [6.07, 6.45) is 8.09. The van der Waals surface area contributed by atoms with E-state index >= 15 is 0 Å². The summed E-state index contributed by atoms with van der Waals surface area (Å²) in [6.45, 7) is 10.5. The SMILES string of the molecule is CCCCCCC(C)(C)c1cc(O)c([C@H]2CC(=O)C3CC2C3(C)C)c(OC(=O)/C=C/C(=O)O)c1. The van der Waals surface area contributed by atoms with Crippen molar-refractivity contribution < 1.29 is 29.3 Å². The Kier molecular flexibility index (Phi) is 7.59. The topological polar surface area (TPSA) is 101 Å². The number of phenolic OH excluding ortho intramolecular Hbond substituents is 1. The molecule has 3 saturated carbocycles. The summed E-state index contributed by atoms with van der Waals surface area (Å²) in [5.41, 5.74) is 0.898. The largest absolute Gasteiger partial charge is 0.508 e. The lowest BCUT2D eigenvalue weighted by Gasteiger charge is -2.59. The van der Waals surface area contributed by atoms with E-state index < -0.39 is 11.9 Å². The van der Waals surface area contributed by atoms with E-state index in [0.29, 0.717) is 12.0 Å². The van der Waals surface area contributed by atoms with Gasteiger partial charge in [-0.05, 0) is 47.3 Å². The molecule has 0 aromatic heterocycles. The molecular weight excluding hydrogens is 432 g/mol. The van der Waals surface area contributed by atoms with E-state index in [1.54, 1.807) is 12.1 Å². The van der Waals surface area contributed by atoms with Crippen molar-refractivity contribution in [3.63, 3.8) is 0 Å². The molecule has 1 aromatic carbocycles. The molecule has 0 radical (unpaired) electrons. The number of unbranched alkanes of at least 4 members (excludes halogenated alkanes) is 3. The first kappa shape index (κ1) is 26.0. The van der Waals surface area contributed by atoms with Crippen molar-refractivity contribution >= 4 is 17.7 Å². The zero-order chi connectivity index (χ0) is 25.3. The standard InChI is InChI=1S/C28H38O6/c1-6-7-8-9-12-27(2,3)17-13-22(30)26(23(14-17)34-25(33)11-10-24(31)32)18-15-21(29)20-16-19(18)28(20,4)5/h10-11,13-14,18-20,30H,6-9,12,15-16H2,1-5H3,(H,31,32)/b11-10+/t18-,19?,20?/m0/s1. The molecule has 2 unspecified atom stereocenters. The van der Waals surface area contributed by atoms with Gasteiger partial charge in [0.2, 0.25) is 0 Å². The smallest absolute Gasteiger partial charge is 0.336 e. The van der Waals surface area contributed by atoms with E-state index in [1.807, 2.05) is 0 Å². The fourth-order valence-electron chi connectivity index (χ4n) is 5.87. The molecule has 3 aliphatic rings. The molecule has 2 N–H and O–H groups in total. The van der Waals surface area contributed by atoms with Gasteiger partial charge < -0.3 is 14.9 Å². The summed E-state index contributed by atoms with van der Waals surface area (Å²) in [6, 6.07) is 3.55. The minimum absolute atomic E-state index is 0.0306. The number of hydrogen-bond acceptors (Lipinski definition) is 5. The van der Waals surface area contributed by atoms with Crippen LogP contribution in [0.4, 0.5) is 0 Å². The third-order valence-corrected chi connectivity index (χ3v) is 8.14. The number of ether oxygens (including phenoxy) is 1. The Balaban J connectivity index is 2.00. The number of rotatable bonds is 10. The van der Waals surface area contributed by atoms with Crippen molar-refractivity contribution in [2.24, 2.45) is 17.3 Å². The van der Waals surface area contributed by atoms with E-state index in [1.165, 1.54) is 6.42 Å². The Morgan fingerprint density at radius 1 is 1.18 bits per heavy atom. The van der Waals surface area contributed by atoms with Crippen LogP contribution in [-0.2, 0) is 19.8 Å². The van der Waals surface area contributed by atoms with Crippen molar-refractivity contribution in [3.05, 3.63) is 35.4 Å². The van der Waals surface area contributed by atoms with Crippen molar-refractivity contribution in [3.8, 4) is 11.5 Å². The minimum atomic E-state index is -1.25. The molecule has 6 heteroatoms. The fraction of sp³-hybridized carbons (Fsp3) is 0.607. The predicted molar refractivity (Wildman–Crippen MR) is 130 cm³/mol. The maximum absolute atomic E-state index is 12.8. The second-order valence-electron chi connectivity index (χ2n) is 11.2. The third-order valence-electron chi connectivity index (χ3n) is 8.14. The molecule has 3 aliphatic carbocycles. The van der Waals surface area contributed by atoms with Crippen LogP contribution >= 0.6 is 0 Å². The van der Waals surface area contributed by atoms with Gasteiger partial charge in [-0.2, -0.15) is 0 Å². The highest BCUT2D eigenvalue weighted by Gasteiger charge is 2.59. The van der Waals surface area contributed by atoms with E-state index in [-0.39, 0.29) is 45.9 Å². The van der Waals surface area contributed by atoms with E-state index in [9.17, 15) is 19.5 Å². The molecule has 6 nitrogen and oxygen atoms in total. The van der Waals surface area contributed by atoms with Crippen LogP contribution in [0, 0.1) is 17.3 Å². The maximum Gasteiger partial charge on any atom is 0.336 e. The monoisotopic (exact) mass is 470 g/mol. The number of aromatic hydroxyl groups is 1. The van der Waals surface area contributed by atoms with Crippen LogP contribution in [0.25, 0.3) is 0 Å². The first-order valence-corrected chi connectivity index (χ1v) is 12.4. The van der Waals surface area contributed by atoms with Crippen LogP contribution in [0.1, 0.15) is 96.6 Å². The number of fused-ring (bicyclic) bond motifs is 2. The third kappa shape index (κ3) is 5.21. The lowest BCUT2D eigenvalue weighted by atomic mass is 9.44. The molecular formula is C28H38O6. The van der Waals surface area contributed by atoms with Crippen LogP contribution in [0.5, 0.6) is 11.5 Å². The van der Waals surface area contributed by atoms with Crippen LogP contribution in [0.2, 0.25) is 0 Å². The van der Waals surface area contributed by atoms with E-state index in [2.05, 4.69) is 34.6 Å². The number of carbonyl (C=O) groups is 3. The van der Waals surface area contributed by atoms with E-state index in [4.69, 9.17) is 9.84 Å². The average Bonchev–Trinajstić information content (AvgIpc) is 2.74. The highest BCUT2D eigenvalue weighted by Crippen LogP contribution is 2.64. The van der Waals surface area contributed by atoms with Gasteiger partial charge in [0, 0.05) is 36.0 Å². The lowest BCUT2D eigenvalue weighted by molar-refractivity contribution is -0.151. The van der Waals surface area contributed by atoms with Crippen LogP contribution < -0.4 is 4.74 Å². The Hall–Kier alpha value is -2.63. The second kappa shape index (κ2) is 9.93. The van der Waals surface area contributed by atoms with Gasteiger partial charge in [-0.15, -0.1) is 0 Å². The number of Topliss-reactive ketones (excluding diaryl/α,β-unsaturated/α-hetero) is 1. The van der Waals surface area contributed by atoms with Crippen molar-refractivity contribution in [2.75, 3.05) is 0 Å². The number of carboxylic acid groups (broad SMARTS) is 1. The Morgan fingerprint density at radius 2 is 1.88 bits per heavy atom. The highest BCUT2D eigenvalue weighted by molar-refractivity contribution is 5.92.